The fourth-order valence-corrected chi connectivity index (χ4v) is 10.3. The standard InChI is InChI=1S/C47H50ClN7O7S/c1-47(2)11-9-34(42(27-47)32-3-5-36(48)6-4-32)30-52-13-15-54(16-14-52)37-7-8-40(44(25-37)62-38-23-33-10-12-49-45(33)50-28-38)46(56)51-63(59,60)39-24-35-21-31(29-53-17-19-61-20-18-53)22-41(35)43(26-39)55(57)58/h3-8,10,12,21,23-26,28H,9,11,13-20,22,27,29-30H2,1-2H3,(H,49,50)(H,51,56). The van der Waals surface area contributed by atoms with Crippen LogP contribution in [0.1, 0.15) is 60.2 Å². The summed E-state index contributed by atoms with van der Waals surface area (Å²) in [7, 11) is -4.58. The number of nitrogens with one attached hydrogen (secondary N) is 2. The molecule has 0 saturated carbocycles. The van der Waals surface area contributed by atoms with Gasteiger partial charge in [-0.25, -0.2) is 18.1 Å². The number of ether oxygens (including phenoxy) is 2. The Bertz CT molecular complexity index is 2750. The Balaban J connectivity index is 0.950. The molecule has 1 amide bonds. The number of piperazine rings is 1. The number of carbonyl (C=O) groups is 1. The highest BCUT2D eigenvalue weighted by atomic mass is 35.5. The summed E-state index contributed by atoms with van der Waals surface area (Å²) in [5, 5.41) is 13.8. The van der Waals surface area contributed by atoms with Gasteiger partial charge in [0.05, 0.1) is 34.8 Å². The molecule has 2 aromatic heterocycles. The van der Waals surface area contributed by atoms with Gasteiger partial charge in [-0.05, 0) is 83.8 Å². The molecule has 2 fully saturated rings. The lowest BCUT2D eigenvalue weighted by molar-refractivity contribution is -0.385. The lowest BCUT2D eigenvalue weighted by Crippen LogP contribution is -2.47. The fraction of sp³-hybridized carbons (Fsp3) is 0.362. The molecule has 0 unspecified atom stereocenters. The largest absolute Gasteiger partial charge is 0.455 e. The topological polar surface area (TPSA) is 163 Å². The molecule has 328 valence electrons. The number of H-pyrrole nitrogens is 1. The zero-order valence-corrected chi connectivity index (χ0v) is 36.9. The number of aromatic nitrogens is 2. The fourth-order valence-electron chi connectivity index (χ4n) is 9.15. The van der Waals surface area contributed by atoms with Crippen molar-refractivity contribution in [3.8, 4) is 11.5 Å². The normalized spacial score (nSPS) is 18.3. The molecule has 2 N–H and O–H groups in total. The first-order chi connectivity index (χ1) is 30.3. The van der Waals surface area contributed by atoms with E-state index >= 15 is 0 Å². The monoisotopic (exact) mass is 891 g/mol. The smallest absolute Gasteiger partial charge is 0.274 e. The summed E-state index contributed by atoms with van der Waals surface area (Å²) in [6, 6.07) is 19.3. The summed E-state index contributed by atoms with van der Waals surface area (Å²) < 4.78 is 41.9. The second kappa shape index (κ2) is 17.5. The van der Waals surface area contributed by atoms with Gasteiger partial charge in [0.1, 0.15) is 17.1 Å². The Morgan fingerprint density at radius 2 is 1.75 bits per heavy atom. The molecule has 3 aromatic carbocycles. The molecule has 2 aliphatic carbocycles. The number of nitro benzene ring substituents is 1. The molecule has 14 nitrogen and oxygen atoms in total. The quantitative estimate of drug-likeness (QED) is 0.0920. The zero-order chi connectivity index (χ0) is 43.9. The molecular weight excluding hydrogens is 842 g/mol. The number of allylic oxidation sites excluding steroid dienone is 1. The molecule has 5 aromatic rings. The highest BCUT2D eigenvalue weighted by molar-refractivity contribution is 7.90. The van der Waals surface area contributed by atoms with Crippen molar-refractivity contribution >= 4 is 61.6 Å². The summed E-state index contributed by atoms with van der Waals surface area (Å²) in [6.45, 7) is 12.0. The Kier molecular flexibility index (Phi) is 11.9. The van der Waals surface area contributed by atoms with Crippen molar-refractivity contribution in [1.82, 2.24) is 24.5 Å². The maximum Gasteiger partial charge on any atom is 0.274 e. The molecule has 0 atom stereocenters. The summed E-state index contributed by atoms with van der Waals surface area (Å²) in [6.07, 6.45) is 8.64. The van der Waals surface area contributed by atoms with E-state index in [1.54, 1.807) is 30.5 Å². The third-order valence-electron chi connectivity index (χ3n) is 12.6. The molecule has 2 saturated heterocycles. The van der Waals surface area contributed by atoms with Crippen molar-refractivity contribution in [2.24, 2.45) is 5.41 Å². The zero-order valence-electron chi connectivity index (χ0n) is 35.4. The lowest BCUT2D eigenvalue weighted by atomic mass is 9.72. The van der Waals surface area contributed by atoms with Crippen molar-refractivity contribution in [1.29, 1.82) is 0 Å². The molecule has 16 heteroatoms. The number of pyridine rings is 1. The van der Waals surface area contributed by atoms with E-state index in [4.69, 9.17) is 21.1 Å². The number of hydrogen-bond acceptors (Lipinski definition) is 11. The number of aromatic amines is 1. The van der Waals surface area contributed by atoms with Crippen molar-refractivity contribution in [3.63, 3.8) is 0 Å². The number of halogens is 1. The predicted octanol–water partition coefficient (Wildman–Crippen LogP) is 8.09. The van der Waals surface area contributed by atoms with Crippen LogP contribution in [-0.4, -0.2) is 105 Å². The number of hydrogen-bond donors (Lipinski definition) is 2. The van der Waals surface area contributed by atoms with E-state index in [0.717, 1.165) is 92.8 Å². The number of fused-ring (bicyclic) bond motifs is 2. The minimum absolute atomic E-state index is 0.0274. The number of amides is 1. The number of anilines is 1. The van der Waals surface area contributed by atoms with E-state index in [2.05, 4.69) is 55.4 Å². The second-order valence-electron chi connectivity index (χ2n) is 17.6. The number of carbonyl (C=O) groups excluding carboxylic acids is 1. The van der Waals surface area contributed by atoms with Crippen LogP contribution in [0.2, 0.25) is 5.02 Å². The maximum atomic E-state index is 14.1. The SMILES string of the molecule is CC1(C)CCC(CN2CCN(c3ccc(C(=O)NS(=O)(=O)c4cc5c(c([N+](=O)[O-])c4)CC(CN4CCOCC4)=C5)c(Oc4cnc5[nH]ccc5c4)c3)CC2)=C(c2ccc(Cl)cc2)C1. The van der Waals surface area contributed by atoms with Crippen LogP contribution >= 0.6 is 11.6 Å². The van der Waals surface area contributed by atoms with E-state index < -0.39 is 20.9 Å². The summed E-state index contributed by atoms with van der Waals surface area (Å²) in [4.78, 5) is 39.8. The van der Waals surface area contributed by atoms with E-state index in [-0.39, 0.29) is 27.3 Å². The van der Waals surface area contributed by atoms with Gasteiger partial charge < -0.3 is 19.4 Å². The van der Waals surface area contributed by atoms with Gasteiger partial charge in [0.15, 0.2) is 0 Å². The Labute approximate surface area is 371 Å². The second-order valence-corrected chi connectivity index (χ2v) is 19.8. The predicted molar refractivity (Wildman–Crippen MR) is 244 cm³/mol. The van der Waals surface area contributed by atoms with Crippen LogP contribution in [0, 0.1) is 15.5 Å². The van der Waals surface area contributed by atoms with Crippen LogP contribution < -0.4 is 14.4 Å². The third-order valence-corrected chi connectivity index (χ3v) is 14.2. The molecule has 63 heavy (non-hydrogen) atoms. The van der Waals surface area contributed by atoms with E-state index in [9.17, 15) is 23.3 Å². The van der Waals surface area contributed by atoms with Crippen LogP contribution in [0.4, 0.5) is 11.4 Å². The molecule has 4 aliphatic rings. The summed E-state index contributed by atoms with van der Waals surface area (Å²) >= 11 is 6.25. The van der Waals surface area contributed by atoms with Crippen LogP contribution in [0.5, 0.6) is 11.5 Å². The first-order valence-corrected chi connectivity index (χ1v) is 23.2. The maximum absolute atomic E-state index is 14.1. The molecule has 2 aliphatic heterocycles. The van der Waals surface area contributed by atoms with Crippen molar-refractivity contribution < 1.29 is 27.6 Å². The number of nitrogens with zero attached hydrogens (tertiary/aromatic N) is 5. The molecule has 0 radical (unpaired) electrons. The molecule has 9 rings (SSSR count). The summed E-state index contributed by atoms with van der Waals surface area (Å²) in [5.74, 6) is -0.447. The number of morpholine rings is 1. The van der Waals surface area contributed by atoms with Crippen molar-refractivity contribution in [2.45, 2.75) is 44.4 Å². The number of nitro groups is 1. The molecule has 0 spiro atoms. The van der Waals surface area contributed by atoms with Crippen molar-refractivity contribution in [3.05, 3.63) is 128 Å². The number of sulfonamides is 1. The van der Waals surface area contributed by atoms with Gasteiger partial charge in [0.2, 0.25) is 0 Å². The summed E-state index contributed by atoms with van der Waals surface area (Å²) in [5.41, 5.74) is 7.32. The minimum Gasteiger partial charge on any atom is -0.455 e. The molecule has 4 heterocycles. The van der Waals surface area contributed by atoms with Crippen LogP contribution in [-0.2, 0) is 21.2 Å². The van der Waals surface area contributed by atoms with E-state index in [1.165, 1.54) is 29.0 Å². The minimum atomic E-state index is -4.58. The van der Waals surface area contributed by atoms with Crippen LogP contribution in [0.25, 0.3) is 22.7 Å². The molecular formula is C47H50ClN7O7S. The first-order valence-electron chi connectivity index (χ1n) is 21.3. The van der Waals surface area contributed by atoms with Gasteiger partial charge >= 0.3 is 0 Å². The Morgan fingerprint density at radius 3 is 2.51 bits per heavy atom. The molecule has 0 bridgehead atoms. The highest BCUT2D eigenvalue weighted by Gasteiger charge is 2.32. The lowest BCUT2D eigenvalue weighted by Gasteiger charge is -2.39. The Morgan fingerprint density at radius 1 is 0.984 bits per heavy atom. The van der Waals surface area contributed by atoms with E-state index in [0.29, 0.717) is 48.7 Å². The van der Waals surface area contributed by atoms with Gasteiger partial charge in [-0.2, -0.15) is 0 Å². The van der Waals surface area contributed by atoms with Gasteiger partial charge in [-0.1, -0.05) is 54.8 Å². The Hall–Kier alpha value is -5.58. The first kappa shape index (κ1) is 42.7. The van der Waals surface area contributed by atoms with Gasteiger partial charge in [0, 0.05) is 98.8 Å². The van der Waals surface area contributed by atoms with Crippen LogP contribution in [0.15, 0.2) is 95.2 Å². The highest BCUT2D eigenvalue weighted by Crippen LogP contribution is 2.44. The van der Waals surface area contributed by atoms with Gasteiger partial charge in [-0.3, -0.25) is 24.7 Å². The van der Waals surface area contributed by atoms with Crippen molar-refractivity contribution in [2.75, 3.05) is 70.5 Å². The third kappa shape index (κ3) is 9.53. The van der Waals surface area contributed by atoms with Crippen LogP contribution in [0.3, 0.4) is 0 Å². The van der Waals surface area contributed by atoms with E-state index in [1.807, 2.05) is 24.3 Å². The number of rotatable bonds is 12. The average molecular weight is 892 g/mol. The average Bonchev–Trinajstić information content (AvgIpc) is 3.91. The number of benzene rings is 3. The van der Waals surface area contributed by atoms with Gasteiger partial charge in [0.25, 0.3) is 21.6 Å². The van der Waals surface area contributed by atoms with Gasteiger partial charge in [-0.15, -0.1) is 0 Å².